The van der Waals surface area contributed by atoms with Crippen molar-refractivity contribution in [2.45, 2.75) is 19.3 Å². The number of hydrogen-bond donors (Lipinski definition) is 0. The summed E-state index contributed by atoms with van der Waals surface area (Å²) in [5, 5.41) is 1.23. The average molecular weight is 343 g/mol. The van der Waals surface area contributed by atoms with Gasteiger partial charge in [-0.2, -0.15) is 0 Å². The van der Waals surface area contributed by atoms with Crippen LogP contribution in [-0.2, 0) is 17.6 Å². The molecule has 1 saturated heterocycles. The summed E-state index contributed by atoms with van der Waals surface area (Å²) in [6.45, 7) is 3.41. The highest BCUT2D eigenvalue weighted by molar-refractivity contribution is 7.25. The Morgan fingerprint density at radius 2 is 2.08 bits per heavy atom. The van der Waals surface area contributed by atoms with Crippen LogP contribution < -0.4 is 14.6 Å². The van der Waals surface area contributed by atoms with Gasteiger partial charge in [0.05, 0.1) is 25.7 Å². The van der Waals surface area contributed by atoms with Gasteiger partial charge in [0.15, 0.2) is 4.70 Å². The molecule has 7 heteroatoms. The first-order valence-electron chi connectivity index (χ1n) is 8.38. The summed E-state index contributed by atoms with van der Waals surface area (Å²) in [5.74, 6) is 1.93. The van der Waals surface area contributed by atoms with Crippen LogP contribution in [0.3, 0.4) is 0 Å². The first kappa shape index (κ1) is 14.4. The Bertz CT molecular complexity index is 933. The highest BCUT2D eigenvalue weighted by atomic mass is 32.1. The Morgan fingerprint density at radius 3 is 2.92 bits per heavy atom. The van der Waals surface area contributed by atoms with Crippen LogP contribution in [0.1, 0.15) is 17.5 Å². The highest BCUT2D eigenvalue weighted by Crippen LogP contribution is 2.43. The van der Waals surface area contributed by atoms with Gasteiger partial charge in [0, 0.05) is 13.1 Å². The molecule has 3 aromatic rings. The molecular formula is C17H19N4O2S+. The van der Waals surface area contributed by atoms with E-state index >= 15 is 0 Å². The van der Waals surface area contributed by atoms with Gasteiger partial charge in [-0.25, -0.2) is 9.97 Å². The molecule has 1 aliphatic heterocycles. The van der Waals surface area contributed by atoms with Crippen molar-refractivity contribution in [3.63, 3.8) is 0 Å². The summed E-state index contributed by atoms with van der Waals surface area (Å²) in [6.07, 6.45) is 5.13. The average Bonchev–Trinajstić information content (AvgIpc) is 3.25. The zero-order valence-electron chi connectivity index (χ0n) is 13.6. The van der Waals surface area contributed by atoms with Crippen molar-refractivity contribution in [1.82, 2.24) is 9.97 Å². The van der Waals surface area contributed by atoms with E-state index in [1.807, 2.05) is 0 Å². The fraction of sp³-hybridized carbons (Fsp3) is 0.471. The molecule has 24 heavy (non-hydrogen) atoms. The van der Waals surface area contributed by atoms with Crippen LogP contribution in [0.5, 0.6) is 5.88 Å². The Kier molecular flexibility index (Phi) is 3.31. The fourth-order valence-electron chi connectivity index (χ4n) is 3.88. The van der Waals surface area contributed by atoms with Gasteiger partial charge >= 0.3 is 5.88 Å². The Morgan fingerprint density at radius 1 is 1.25 bits per heavy atom. The van der Waals surface area contributed by atoms with E-state index in [-0.39, 0.29) is 0 Å². The lowest BCUT2D eigenvalue weighted by atomic mass is 10.1. The fourth-order valence-corrected chi connectivity index (χ4v) is 5.01. The molecule has 0 unspecified atom stereocenters. The molecular weight excluding hydrogens is 324 g/mol. The second-order valence-corrected chi connectivity index (χ2v) is 7.24. The maximum atomic E-state index is 5.51. The summed E-state index contributed by atoms with van der Waals surface area (Å²) in [5.41, 5.74) is 3.87. The summed E-state index contributed by atoms with van der Waals surface area (Å²) >= 11 is 1.67. The summed E-state index contributed by atoms with van der Waals surface area (Å²) in [6, 6.07) is 0. The number of fused-ring (bicyclic) bond motifs is 5. The molecule has 0 aromatic carbocycles. The first-order valence-corrected chi connectivity index (χ1v) is 9.20. The third-order valence-corrected chi connectivity index (χ3v) is 6.04. The van der Waals surface area contributed by atoms with Gasteiger partial charge in [-0.3, -0.25) is 0 Å². The Labute approximate surface area is 143 Å². The number of morpholine rings is 1. The third-order valence-electron chi connectivity index (χ3n) is 4.97. The number of H-pyrrole nitrogens is 1. The van der Waals surface area contributed by atoms with Gasteiger partial charge in [-0.1, -0.05) is 0 Å². The number of methoxy groups -OCH3 is 1. The van der Waals surface area contributed by atoms with E-state index in [9.17, 15) is 0 Å². The number of pyridine rings is 1. The number of aromatic amines is 1. The number of nitrogens with zero attached hydrogens (tertiary/aromatic N) is 3. The van der Waals surface area contributed by atoms with Crippen LogP contribution in [0.25, 0.3) is 20.4 Å². The molecule has 0 atom stereocenters. The van der Waals surface area contributed by atoms with E-state index in [2.05, 4.69) is 14.9 Å². The molecule has 0 amide bonds. The number of aromatic nitrogens is 3. The van der Waals surface area contributed by atoms with E-state index in [0.29, 0.717) is 0 Å². The molecule has 0 spiro atoms. The number of aryl methyl sites for hydroxylation is 1. The predicted molar refractivity (Wildman–Crippen MR) is 93.1 cm³/mol. The van der Waals surface area contributed by atoms with Crippen molar-refractivity contribution in [2.24, 2.45) is 0 Å². The van der Waals surface area contributed by atoms with Crippen molar-refractivity contribution in [2.75, 3.05) is 38.3 Å². The third kappa shape index (κ3) is 2.01. The van der Waals surface area contributed by atoms with Gasteiger partial charge in [0.2, 0.25) is 5.52 Å². The smallest absolute Gasteiger partial charge is 0.303 e. The SMILES string of the molecule is COc1[nH+]cnc2c1sc1nc(N3CCOCC3)c3c(c12)CCC3. The molecule has 1 aliphatic carbocycles. The van der Waals surface area contributed by atoms with E-state index in [4.69, 9.17) is 14.5 Å². The molecule has 5 rings (SSSR count). The van der Waals surface area contributed by atoms with Crippen LogP contribution in [0.2, 0.25) is 0 Å². The summed E-state index contributed by atoms with van der Waals surface area (Å²) < 4.78 is 12.0. The molecule has 2 aliphatic rings. The number of anilines is 1. The Hall–Kier alpha value is -1.99. The maximum Gasteiger partial charge on any atom is 0.303 e. The van der Waals surface area contributed by atoms with Gasteiger partial charge in [-0.05, 0) is 35.4 Å². The zero-order chi connectivity index (χ0) is 16.1. The molecule has 3 aromatic heterocycles. The van der Waals surface area contributed by atoms with E-state index < -0.39 is 0 Å². The number of ether oxygens (including phenoxy) is 2. The quantitative estimate of drug-likeness (QED) is 0.712. The number of thiophene rings is 1. The second kappa shape index (κ2) is 5.53. The predicted octanol–water partition coefficient (Wildman–Crippen LogP) is 1.99. The molecule has 1 fully saturated rings. The van der Waals surface area contributed by atoms with Gasteiger partial charge < -0.3 is 14.4 Å². The first-order chi connectivity index (χ1) is 11.9. The molecule has 0 radical (unpaired) electrons. The minimum absolute atomic E-state index is 0.766. The van der Waals surface area contributed by atoms with Crippen molar-refractivity contribution in [3.8, 4) is 5.88 Å². The molecule has 6 nitrogen and oxygen atoms in total. The van der Waals surface area contributed by atoms with Crippen LogP contribution in [0, 0.1) is 0 Å². The van der Waals surface area contributed by atoms with E-state index in [1.165, 1.54) is 22.9 Å². The van der Waals surface area contributed by atoms with E-state index in [0.717, 1.165) is 65.9 Å². The number of rotatable bonds is 2. The lowest BCUT2D eigenvalue weighted by Gasteiger charge is -2.29. The summed E-state index contributed by atoms with van der Waals surface area (Å²) in [4.78, 5) is 16.2. The standard InChI is InChI=1S/C17H18N4O2S/c1-22-16-14-13(18-9-19-16)12-10-3-2-4-11(10)15(20-17(12)24-14)21-5-7-23-8-6-21/h9H,2-8H2,1H3/p+1. The zero-order valence-corrected chi connectivity index (χ0v) is 14.4. The number of nitrogens with one attached hydrogen (secondary N) is 1. The van der Waals surface area contributed by atoms with Crippen LogP contribution in [0.4, 0.5) is 5.82 Å². The van der Waals surface area contributed by atoms with Gasteiger partial charge in [0.25, 0.3) is 6.33 Å². The van der Waals surface area contributed by atoms with Gasteiger partial charge in [0.1, 0.15) is 10.6 Å². The minimum atomic E-state index is 0.766. The summed E-state index contributed by atoms with van der Waals surface area (Å²) in [7, 11) is 1.69. The minimum Gasteiger partial charge on any atom is -0.465 e. The van der Waals surface area contributed by atoms with Crippen molar-refractivity contribution in [3.05, 3.63) is 17.5 Å². The van der Waals surface area contributed by atoms with E-state index in [1.54, 1.807) is 24.8 Å². The lowest BCUT2D eigenvalue weighted by Crippen LogP contribution is -2.37. The van der Waals surface area contributed by atoms with Crippen molar-refractivity contribution in [1.29, 1.82) is 0 Å². The molecule has 0 bridgehead atoms. The van der Waals surface area contributed by atoms with Gasteiger partial charge in [-0.15, -0.1) is 11.3 Å². The normalized spacial score (nSPS) is 17.6. The van der Waals surface area contributed by atoms with Crippen molar-refractivity contribution >= 4 is 37.6 Å². The topological polar surface area (TPSA) is 61.6 Å². The van der Waals surface area contributed by atoms with Crippen LogP contribution >= 0.6 is 11.3 Å². The number of hydrogen-bond acceptors (Lipinski definition) is 6. The monoisotopic (exact) mass is 343 g/mol. The maximum absolute atomic E-state index is 5.51. The largest absolute Gasteiger partial charge is 0.465 e. The van der Waals surface area contributed by atoms with Crippen molar-refractivity contribution < 1.29 is 14.5 Å². The van der Waals surface area contributed by atoms with Crippen LogP contribution in [0.15, 0.2) is 6.33 Å². The van der Waals surface area contributed by atoms with Crippen LogP contribution in [-0.4, -0.2) is 43.4 Å². The highest BCUT2D eigenvalue weighted by Gasteiger charge is 2.29. The molecule has 0 saturated carbocycles. The Balaban J connectivity index is 1.80. The lowest BCUT2D eigenvalue weighted by molar-refractivity contribution is -0.394. The molecule has 1 N–H and O–H groups in total. The molecule has 124 valence electrons. The molecule has 4 heterocycles. The second-order valence-electron chi connectivity index (χ2n) is 6.24.